The summed E-state index contributed by atoms with van der Waals surface area (Å²) in [5.41, 5.74) is 0.249. The Morgan fingerprint density at radius 2 is 2.20 bits per heavy atom. The predicted octanol–water partition coefficient (Wildman–Crippen LogP) is 2.03. The van der Waals surface area contributed by atoms with Crippen LogP contribution in [-0.4, -0.2) is 27.9 Å². The molecule has 7 nitrogen and oxygen atoms in total. The molecule has 0 saturated heterocycles. The molecule has 0 aliphatic heterocycles. The van der Waals surface area contributed by atoms with Gasteiger partial charge in [-0.15, -0.1) is 0 Å². The van der Waals surface area contributed by atoms with Gasteiger partial charge in [0.05, 0.1) is 16.4 Å². The lowest BCUT2D eigenvalue weighted by Gasteiger charge is -2.27. The largest absolute Gasteiger partial charge is 0.481 e. The van der Waals surface area contributed by atoms with E-state index in [2.05, 4.69) is 5.32 Å². The number of aliphatic carboxylic acids is 1. The Labute approximate surface area is 118 Å². The standard InChI is InChI=1S/C12H14N2O5S/c15-11(8-5-10(14(18)19)20-6-8)13-9-3-1-2-7(4-9)12(16)17/h5-7,9H,1-4H2,(H,13,15)(H,16,17). The van der Waals surface area contributed by atoms with Crippen molar-refractivity contribution in [1.29, 1.82) is 0 Å². The molecule has 108 valence electrons. The fraction of sp³-hybridized carbons (Fsp3) is 0.500. The van der Waals surface area contributed by atoms with E-state index in [-0.39, 0.29) is 22.5 Å². The highest BCUT2D eigenvalue weighted by atomic mass is 32.1. The average Bonchev–Trinajstić information content (AvgIpc) is 2.88. The van der Waals surface area contributed by atoms with Gasteiger partial charge in [0.1, 0.15) is 0 Å². The Kier molecular flexibility index (Phi) is 4.33. The summed E-state index contributed by atoms with van der Waals surface area (Å²) in [6.45, 7) is 0. The lowest BCUT2D eigenvalue weighted by molar-refractivity contribution is -0.380. The number of carbonyl (C=O) groups excluding carboxylic acids is 1. The van der Waals surface area contributed by atoms with Crippen LogP contribution in [0.1, 0.15) is 36.0 Å². The molecule has 2 atom stereocenters. The third-order valence-corrected chi connectivity index (χ3v) is 4.27. The number of hydrogen-bond donors (Lipinski definition) is 2. The number of nitrogens with one attached hydrogen (secondary N) is 1. The summed E-state index contributed by atoms with van der Waals surface area (Å²) < 4.78 is 0. The van der Waals surface area contributed by atoms with Crippen molar-refractivity contribution in [2.24, 2.45) is 5.92 Å². The van der Waals surface area contributed by atoms with Crippen LogP contribution in [0.3, 0.4) is 0 Å². The first-order valence-electron chi connectivity index (χ1n) is 6.24. The van der Waals surface area contributed by atoms with Gasteiger partial charge in [0, 0.05) is 17.5 Å². The van der Waals surface area contributed by atoms with Crippen LogP contribution >= 0.6 is 11.3 Å². The van der Waals surface area contributed by atoms with Crippen molar-refractivity contribution in [2.75, 3.05) is 0 Å². The Hall–Kier alpha value is -1.96. The molecule has 8 heteroatoms. The number of nitrogens with zero attached hydrogens (tertiary/aromatic N) is 1. The van der Waals surface area contributed by atoms with Crippen molar-refractivity contribution >= 4 is 28.2 Å². The van der Waals surface area contributed by atoms with Gasteiger partial charge in [-0.1, -0.05) is 17.8 Å². The van der Waals surface area contributed by atoms with Crippen molar-refractivity contribution in [2.45, 2.75) is 31.7 Å². The van der Waals surface area contributed by atoms with Crippen LogP contribution in [0.4, 0.5) is 5.00 Å². The van der Waals surface area contributed by atoms with Crippen LogP contribution in [0.2, 0.25) is 0 Å². The highest BCUT2D eigenvalue weighted by molar-refractivity contribution is 7.13. The van der Waals surface area contributed by atoms with Gasteiger partial charge in [-0.2, -0.15) is 0 Å². The Morgan fingerprint density at radius 1 is 1.45 bits per heavy atom. The second-order valence-corrected chi connectivity index (χ2v) is 5.69. The smallest absolute Gasteiger partial charge is 0.324 e. The first kappa shape index (κ1) is 14.4. The lowest BCUT2D eigenvalue weighted by Crippen LogP contribution is -2.39. The van der Waals surface area contributed by atoms with Crippen molar-refractivity contribution in [3.05, 3.63) is 27.1 Å². The van der Waals surface area contributed by atoms with Crippen molar-refractivity contribution < 1.29 is 19.6 Å². The van der Waals surface area contributed by atoms with E-state index in [1.807, 2.05) is 0 Å². The molecule has 1 saturated carbocycles. The predicted molar refractivity (Wildman–Crippen MR) is 71.8 cm³/mol. The summed E-state index contributed by atoms with van der Waals surface area (Å²) >= 11 is 0.899. The van der Waals surface area contributed by atoms with Gasteiger partial charge >= 0.3 is 11.0 Å². The number of carboxylic acid groups (broad SMARTS) is 1. The molecule has 1 aromatic rings. The molecular weight excluding hydrogens is 284 g/mol. The molecule has 2 rings (SSSR count). The minimum absolute atomic E-state index is 0.0813. The van der Waals surface area contributed by atoms with Crippen molar-refractivity contribution in [1.82, 2.24) is 5.32 Å². The maximum Gasteiger partial charge on any atom is 0.324 e. The maximum absolute atomic E-state index is 12.0. The van der Waals surface area contributed by atoms with Gasteiger partial charge < -0.3 is 10.4 Å². The summed E-state index contributed by atoms with van der Waals surface area (Å²) in [6, 6.07) is 1.05. The zero-order valence-corrected chi connectivity index (χ0v) is 11.4. The third kappa shape index (κ3) is 3.32. The fourth-order valence-electron chi connectivity index (χ4n) is 2.35. The minimum Gasteiger partial charge on any atom is -0.481 e. The maximum atomic E-state index is 12.0. The van der Waals surface area contributed by atoms with E-state index in [0.717, 1.165) is 24.2 Å². The molecule has 1 aromatic heterocycles. The zero-order valence-electron chi connectivity index (χ0n) is 10.6. The number of nitro groups is 1. The number of thiophene rings is 1. The normalized spacial score (nSPS) is 22.2. The Bertz CT molecular complexity index is 542. The number of rotatable bonds is 4. The summed E-state index contributed by atoms with van der Waals surface area (Å²) in [5.74, 6) is -1.65. The van der Waals surface area contributed by atoms with Gasteiger partial charge in [-0.05, 0) is 19.3 Å². The van der Waals surface area contributed by atoms with E-state index in [9.17, 15) is 19.7 Å². The summed E-state index contributed by atoms with van der Waals surface area (Å²) in [4.78, 5) is 32.9. The van der Waals surface area contributed by atoms with E-state index in [0.29, 0.717) is 12.8 Å². The van der Waals surface area contributed by atoms with Gasteiger partial charge in [0.15, 0.2) is 0 Å². The van der Waals surface area contributed by atoms with E-state index in [1.54, 1.807) is 0 Å². The van der Waals surface area contributed by atoms with Gasteiger partial charge in [-0.25, -0.2) is 0 Å². The minimum atomic E-state index is -0.838. The van der Waals surface area contributed by atoms with Crippen molar-refractivity contribution in [3.63, 3.8) is 0 Å². The molecular formula is C12H14N2O5S. The van der Waals surface area contributed by atoms with E-state index in [1.165, 1.54) is 11.4 Å². The first-order valence-corrected chi connectivity index (χ1v) is 7.12. The molecule has 1 heterocycles. The molecule has 0 spiro atoms. The second kappa shape index (κ2) is 6.00. The highest BCUT2D eigenvalue weighted by Gasteiger charge is 2.28. The summed E-state index contributed by atoms with van der Waals surface area (Å²) in [7, 11) is 0. The molecule has 1 aliphatic rings. The van der Waals surface area contributed by atoms with Gasteiger partial charge in [-0.3, -0.25) is 19.7 Å². The number of hydrogen-bond acceptors (Lipinski definition) is 5. The molecule has 0 radical (unpaired) electrons. The third-order valence-electron chi connectivity index (χ3n) is 3.39. The molecule has 1 fully saturated rings. The van der Waals surface area contributed by atoms with E-state index >= 15 is 0 Å². The molecule has 0 bridgehead atoms. The molecule has 1 amide bonds. The number of carbonyl (C=O) groups is 2. The fourth-order valence-corrected chi connectivity index (χ4v) is 3.06. The molecule has 2 N–H and O–H groups in total. The monoisotopic (exact) mass is 298 g/mol. The summed E-state index contributed by atoms with van der Waals surface area (Å²) in [6.07, 6.45) is 2.53. The number of carboxylic acids is 1. The SMILES string of the molecule is O=C(NC1CCCC(C(=O)O)C1)c1csc([N+](=O)[O-])c1. The van der Waals surface area contributed by atoms with Gasteiger partial charge in [0.2, 0.25) is 0 Å². The average molecular weight is 298 g/mol. The zero-order chi connectivity index (χ0) is 14.7. The Morgan fingerprint density at radius 3 is 2.80 bits per heavy atom. The Balaban J connectivity index is 1.96. The highest BCUT2D eigenvalue weighted by Crippen LogP contribution is 2.26. The molecule has 1 aliphatic carbocycles. The molecule has 0 aromatic carbocycles. The van der Waals surface area contributed by atoms with Crippen LogP contribution in [0, 0.1) is 16.0 Å². The second-order valence-electron chi connectivity index (χ2n) is 4.80. The van der Waals surface area contributed by atoms with E-state index in [4.69, 9.17) is 5.11 Å². The quantitative estimate of drug-likeness (QED) is 0.653. The molecule has 20 heavy (non-hydrogen) atoms. The van der Waals surface area contributed by atoms with Gasteiger partial charge in [0.25, 0.3) is 5.91 Å². The number of amides is 1. The first-order chi connectivity index (χ1) is 9.47. The van der Waals surface area contributed by atoms with Crippen LogP contribution in [0.5, 0.6) is 0 Å². The summed E-state index contributed by atoms with van der Waals surface area (Å²) in [5, 5.41) is 23.7. The topological polar surface area (TPSA) is 110 Å². The van der Waals surface area contributed by atoms with Crippen LogP contribution in [0.25, 0.3) is 0 Å². The van der Waals surface area contributed by atoms with E-state index < -0.39 is 16.8 Å². The van der Waals surface area contributed by atoms with Crippen molar-refractivity contribution in [3.8, 4) is 0 Å². The van der Waals surface area contributed by atoms with Crippen LogP contribution in [-0.2, 0) is 4.79 Å². The lowest BCUT2D eigenvalue weighted by atomic mass is 9.85. The van der Waals surface area contributed by atoms with Crippen LogP contribution in [0.15, 0.2) is 11.4 Å². The molecule has 2 unspecified atom stereocenters. The van der Waals surface area contributed by atoms with Crippen LogP contribution < -0.4 is 5.32 Å².